The van der Waals surface area contributed by atoms with Gasteiger partial charge in [-0.3, -0.25) is 9.88 Å². The van der Waals surface area contributed by atoms with Crippen molar-refractivity contribution in [3.63, 3.8) is 0 Å². The van der Waals surface area contributed by atoms with Crippen LogP contribution < -0.4 is 10.6 Å². The van der Waals surface area contributed by atoms with Crippen LogP contribution in [0.1, 0.15) is 5.56 Å². The molecule has 0 saturated heterocycles. The van der Waals surface area contributed by atoms with E-state index in [4.69, 9.17) is 9.73 Å². The van der Waals surface area contributed by atoms with Gasteiger partial charge >= 0.3 is 0 Å². The number of aromatic nitrogens is 1. The van der Waals surface area contributed by atoms with Gasteiger partial charge in [0.15, 0.2) is 11.6 Å². The lowest BCUT2D eigenvalue weighted by Crippen LogP contribution is -2.36. The highest BCUT2D eigenvalue weighted by atomic mass is 16.5. The Morgan fingerprint density at radius 2 is 1.91 bits per heavy atom. The van der Waals surface area contributed by atoms with E-state index in [1.54, 1.807) is 13.3 Å². The molecule has 0 amide bonds. The number of pyridine rings is 1. The van der Waals surface area contributed by atoms with Crippen LogP contribution in [0.4, 0.5) is 5.69 Å². The maximum atomic E-state index is 5.56. The van der Waals surface area contributed by atoms with Crippen LogP contribution in [0.25, 0.3) is 10.9 Å². The predicted molar refractivity (Wildman–Crippen MR) is 133 cm³/mol. The SMILES string of the molecule is C=C1C(CNCc2ccccc2)=C(Nc2ccc3ncccc3c2)N=C2C(OC)=CC=CN12. The van der Waals surface area contributed by atoms with Crippen molar-refractivity contribution in [2.24, 2.45) is 4.99 Å². The van der Waals surface area contributed by atoms with Crippen LogP contribution in [0.2, 0.25) is 0 Å². The van der Waals surface area contributed by atoms with Crippen LogP contribution in [0.3, 0.4) is 0 Å². The Balaban J connectivity index is 1.48. The normalized spacial score (nSPS) is 15.3. The number of rotatable bonds is 7. The molecule has 6 heteroatoms. The summed E-state index contributed by atoms with van der Waals surface area (Å²) in [6.45, 7) is 5.74. The number of allylic oxidation sites excluding steroid dienone is 2. The first-order valence-corrected chi connectivity index (χ1v) is 10.8. The van der Waals surface area contributed by atoms with Gasteiger partial charge in [0.25, 0.3) is 0 Å². The topological polar surface area (TPSA) is 61.8 Å². The second kappa shape index (κ2) is 9.14. The molecule has 1 aromatic heterocycles. The van der Waals surface area contributed by atoms with E-state index < -0.39 is 0 Å². The van der Waals surface area contributed by atoms with Crippen LogP contribution in [0.5, 0.6) is 0 Å². The Hall–Kier alpha value is -4.16. The van der Waals surface area contributed by atoms with Crippen molar-refractivity contribution in [2.45, 2.75) is 6.54 Å². The van der Waals surface area contributed by atoms with Gasteiger partial charge in [0.1, 0.15) is 5.82 Å². The number of amidine groups is 1. The summed E-state index contributed by atoms with van der Waals surface area (Å²) in [4.78, 5) is 11.3. The fraction of sp³-hybridized carbons (Fsp3) is 0.111. The molecule has 0 bridgehead atoms. The molecule has 2 N–H and O–H groups in total. The molecule has 2 aliphatic rings. The average molecular weight is 436 g/mol. The Morgan fingerprint density at radius 3 is 2.76 bits per heavy atom. The molecule has 0 aliphatic carbocycles. The number of anilines is 1. The van der Waals surface area contributed by atoms with E-state index >= 15 is 0 Å². The highest BCUT2D eigenvalue weighted by Gasteiger charge is 2.28. The number of fused-ring (bicyclic) bond motifs is 2. The molecule has 0 fully saturated rings. The molecule has 6 nitrogen and oxygen atoms in total. The third kappa shape index (κ3) is 4.29. The van der Waals surface area contributed by atoms with Gasteiger partial charge in [0, 0.05) is 47.8 Å². The predicted octanol–water partition coefficient (Wildman–Crippen LogP) is 4.93. The van der Waals surface area contributed by atoms with Crippen LogP contribution >= 0.6 is 0 Å². The van der Waals surface area contributed by atoms with E-state index in [0.29, 0.717) is 18.1 Å². The van der Waals surface area contributed by atoms with Crippen molar-refractivity contribution in [1.82, 2.24) is 15.2 Å². The fourth-order valence-electron chi connectivity index (χ4n) is 3.93. The van der Waals surface area contributed by atoms with Gasteiger partial charge in [-0.2, -0.15) is 0 Å². The summed E-state index contributed by atoms with van der Waals surface area (Å²) in [5.41, 5.74) is 4.95. The molecule has 2 aliphatic heterocycles. The first kappa shape index (κ1) is 20.7. The zero-order valence-corrected chi connectivity index (χ0v) is 18.5. The molecule has 33 heavy (non-hydrogen) atoms. The Labute approximate surface area is 193 Å². The summed E-state index contributed by atoms with van der Waals surface area (Å²) < 4.78 is 5.56. The number of nitrogens with one attached hydrogen (secondary N) is 2. The number of ether oxygens (including phenoxy) is 1. The lowest BCUT2D eigenvalue weighted by molar-refractivity contribution is 0.307. The third-order valence-electron chi connectivity index (χ3n) is 5.63. The van der Waals surface area contributed by atoms with Crippen molar-refractivity contribution < 1.29 is 4.74 Å². The first-order valence-electron chi connectivity index (χ1n) is 10.8. The summed E-state index contributed by atoms with van der Waals surface area (Å²) in [7, 11) is 1.65. The smallest absolute Gasteiger partial charge is 0.182 e. The largest absolute Gasteiger partial charge is 0.493 e. The van der Waals surface area contributed by atoms with E-state index in [1.165, 1.54) is 5.56 Å². The van der Waals surface area contributed by atoms with Gasteiger partial charge in [-0.1, -0.05) is 43.0 Å². The number of hydrogen-bond donors (Lipinski definition) is 2. The minimum atomic E-state index is 0.609. The van der Waals surface area contributed by atoms with Crippen molar-refractivity contribution in [1.29, 1.82) is 0 Å². The number of methoxy groups -OCH3 is 1. The maximum absolute atomic E-state index is 5.56. The quantitative estimate of drug-likeness (QED) is 0.551. The van der Waals surface area contributed by atoms with Gasteiger partial charge in [0.05, 0.1) is 12.6 Å². The Kier molecular flexibility index (Phi) is 5.74. The van der Waals surface area contributed by atoms with Crippen LogP contribution in [-0.2, 0) is 11.3 Å². The third-order valence-corrected chi connectivity index (χ3v) is 5.63. The summed E-state index contributed by atoms with van der Waals surface area (Å²) in [6.07, 6.45) is 7.60. The zero-order valence-electron chi connectivity index (χ0n) is 18.5. The highest BCUT2D eigenvalue weighted by molar-refractivity contribution is 6.02. The van der Waals surface area contributed by atoms with E-state index in [9.17, 15) is 0 Å². The van der Waals surface area contributed by atoms with Crippen molar-refractivity contribution >= 4 is 22.4 Å². The highest BCUT2D eigenvalue weighted by Crippen LogP contribution is 2.30. The fourth-order valence-corrected chi connectivity index (χ4v) is 3.93. The molecule has 3 heterocycles. The monoisotopic (exact) mass is 435 g/mol. The van der Waals surface area contributed by atoms with E-state index in [1.807, 2.05) is 59.7 Å². The van der Waals surface area contributed by atoms with Crippen molar-refractivity contribution in [3.05, 3.63) is 120 Å². The van der Waals surface area contributed by atoms with E-state index in [-0.39, 0.29) is 0 Å². The number of hydrogen-bond acceptors (Lipinski definition) is 6. The maximum Gasteiger partial charge on any atom is 0.182 e. The van der Waals surface area contributed by atoms with Gasteiger partial charge in [-0.05, 0) is 42.0 Å². The molecule has 164 valence electrons. The molecule has 2 aromatic carbocycles. The second-order valence-electron chi connectivity index (χ2n) is 7.78. The minimum Gasteiger partial charge on any atom is -0.493 e. The molecule has 3 aromatic rings. The van der Waals surface area contributed by atoms with Crippen LogP contribution in [0.15, 0.2) is 120 Å². The van der Waals surface area contributed by atoms with Gasteiger partial charge in [0.2, 0.25) is 0 Å². The summed E-state index contributed by atoms with van der Waals surface area (Å²) in [5, 5.41) is 8.11. The summed E-state index contributed by atoms with van der Waals surface area (Å²) >= 11 is 0. The molecule has 0 spiro atoms. The first-order chi connectivity index (χ1) is 16.2. The Bertz CT molecular complexity index is 1320. The van der Waals surface area contributed by atoms with Crippen molar-refractivity contribution in [3.8, 4) is 0 Å². The van der Waals surface area contributed by atoms with Crippen LogP contribution in [-0.4, -0.2) is 29.4 Å². The van der Waals surface area contributed by atoms with Gasteiger partial charge in [-0.15, -0.1) is 0 Å². The molecular weight excluding hydrogens is 410 g/mol. The summed E-state index contributed by atoms with van der Waals surface area (Å²) in [5.74, 6) is 2.15. The average Bonchev–Trinajstić information content (AvgIpc) is 2.86. The lowest BCUT2D eigenvalue weighted by atomic mass is 10.1. The standard InChI is InChI=1S/C27H25N5O/c1-19-23(18-28-17-20-8-4-3-5-9-20)26(31-27-25(33-2)11-7-15-32(19)27)30-22-12-13-24-21(16-22)10-6-14-29-24/h3-16,28,30H,1,17-18H2,2H3. The molecule has 0 radical (unpaired) electrons. The molecule has 0 unspecified atom stereocenters. The Morgan fingerprint density at radius 1 is 1.03 bits per heavy atom. The van der Waals surface area contributed by atoms with Gasteiger partial charge in [-0.25, -0.2) is 4.99 Å². The zero-order chi connectivity index (χ0) is 22.6. The van der Waals surface area contributed by atoms with Gasteiger partial charge < -0.3 is 15.4 Å². The van der Waals surface area contributed by atoms with E-state index in [2.05, 4.69) is 46.5 Å². The van der Waals surface area contributed by atoms with Crippen LogP contribution in [0, 0.1) is 0 Å². The molecule has 5 rings (SSSR count). The molecule has 0 atom stereocenters. The lowest BCUT2D eigenvalue weighted by Gasteiger charge is -2.33. The van der Waals surface area contributed by atoms with E-state index in [0.717, 1.165) is 40.2 Å². The molecular formula is C27H25N5O. The number of aliphatic imine (C=N–C) groups is 1. The minimum absolute atomic E-state index is 0.609. The number of benzene rings is 2. The molecule has 0 saturated carbocycles. The second-order valence-corrected chi connectivity index (χ2v) is 7.78. The number of nitrogens with zero attached hydrogens (tertiary/aromatic N) is 3. The van der Waals surface area contributed by atoms with Crippen molar-refractivity contribution in [2.75, 3.05) is 19.0 Å². The summed E-state index contributed by atoms with van der Waals surface area (Å²) in [6, 6.07) is 20.4.